The normalized spacial score (nSPS) is 15.0. The van der Waals surface area contributed by atoms with Crippen molar-refractivity contribution in [3.05, 3.63) is 71.4 Å². The monoisotopic (exact) mass is 498 g/mol. The van der Waals surface area contributed by atoms with Crippen LogP contribution in [0.25, 0.3) is 10.9 Å². The van der Waals surface area contributed by atoms with E-state index in [2.05, 4.69) is 64.1 Å². The van der Waals surface area contributed by atoms with E-state index in [1.165, 1.54) is 18.0 Å². The number of nitrogens with zero attached hydrogens (tertiary/aromatic N) is 4. The number of halogens is 1. The molecule has 190 valence electrons. The van der Waals surface area contributed by atoms with Crippen molar-refractivity contribution >= 4 is 22.4 Å². The second-order valence-corrected chi connectivity index (χ2v) is 10.6. The molecule has 0 unspecified atom stereocenters. The van der Waals surface area contributed by atoms with Crippen LogP contribution in [0.3, 0.4) is 0 Å². The molecule has 0 saturated carbocycles. The van der Waals surface area contributed by atoms with Crippen LogP contribution in [0.15, 0.2) is 48.8 Å². The van der Waals surface area contributed by atoms with Gasteiger partial charge in [-0.25, -0.2) is 14.4 Å². The van der Waals surface area contributed by atoms with E-state index in [0.717, 1.165) is 37.3 Å². The zero-order valence-electron chi connectivity index (χ0n) is 21.6. The molecule has 0 bridgehead atoms. The maximum absolute atomic E-state index is 15.0. The minimum Gasteiger partial charge on any atom is -0.434 e. The third-order valence-electron chi connectivity index (χ3n) is 7.06. The highest BCUT2D eigenvalue weighted by atomic mass is 19.1. The molecule has 1 saturated heterocycles. The summed E-state index contributed by atoms with van der Waals surface area (Å²) in [6, 6.07) is 15.3. The fraction of sp³-hybridized carbons (Fsp3) is 0.345. The molecule has 8 heteroatoms. The van der Waals surface area contributed by atoms with E-state index in [1.807, 2.05) is 19.1 Å². The van der Waals surface area contributed by atoms with Crippen LogP contribution in [0.1, 0.15) is 56.4 Å². The van der Waals surface area contributed by atoms with Crippen molar-refractivity contribution < 1.29 is 9.13 Å². The summed E-state index contributed by atoms with van der Waals surface area (Å²) < 4.78 is 20.8. The molecule has 2 N–H and O–H groups in total. The number of hydrogen-bond donors (Lipinski definition) is 2. The lowest BCUT2D eigenvalue weighted by atomic mass is 9.87. The summed E-state index contributed by atoms with van der Waals surface area (Å²) in [6.45, 7) is 10.9. The smallest absolute Gasteiger partial charge is 0.242 e. The number of aromatic amines is 1. The Morgan fingerprint density at radius 3 is 2.51 bits per heavy atom. The largest absolute Gasteiger partial charge is 0.434 e. The van der Waals surface area contributed by atoms with Gasteiger partial charge in [-0.3, -0.25) is 4.90 Å². The second-order valence-electron chi connectivity index (χ2n) is 10.6. The molecule has 5 rings (SSSR count). The van der Waals surface area contributed by atoms with E-state index in [9.17, 15) is 5.26 Å². The van der Waals surface area contributed by atoms with Crippen LogP contribution in [-0.4, -0.2) is 38.5 Å². The van der Waals surface area contributed by atoms with E-state index in [1.54, 1.807) is 12.1 Å². The molecule has 7 nitrogen and oxygen atoms in total. The topological polar surface area (TPSA) is 89.9 Å². The van der Waals surface area contributed by atoms with E-state index in [0.29, 0.717) is 22.6 Å². The minimum absolute atomic E-state index is 0.00508. The van der Waals surface area contributed by atoms with Gasteiger partial charge >= 0.3 is 0 Å². The number of piperidine rings is 1. The molecule has 2 aromatic carbocycles. The first-order valence-electron chi connectivity index (χ1n) is 12.6. The number of aromatic nitrogens is 3. The number of H-pyrrole nitrogens is 1. The predicted molar refractivity (Wildman–Crippen MR) is 143 cm³/mol. The number of ether oxygens (including phenoxy) is 1. The Kier molecular flexibility index (Phi) is 6.57. The van der Waals surface area contributed by atoms with Gasteiger partial charge in [0, 0.05) is 27.8 Å². The molecule has 4 aromatic rings. The van der Waals surface area contributed by atoms with Gasteiger partial charge in [0.05, 0.1) is 0 Å². The Morgan fingerprint density at radius 1 is 1.11 bits per heavy atom. The third kappa shape index (κ3) is 5.13. The number of nitriles is 1. The van der Waals surface area contributed by atoms with E-state index < -0.39 is 5.82 Å². The first kappa shape index (κ1) is 24.7. The molecule has 0 radical (unpaired) electrons. The van der Waals surface area contributed by atoms with E-state index in [4.69, 9.17) is 4.74 Å². The number of benzene rings is 2. The van der Waals surface area contributed by atoms with Crippen LogP contribution in [0.5, 0.6) is 11.6 Å². The van der Waals surface area contributed by atoms with Crippen molar-refractivity contribution in [2.24, 2.45) is 0 Å². The van der Waals surface area contributed by atoms with Gasteiger partial charge in [0.25, 0.3) is 0 Å². The number of anilines is 2. The first-order valence-corrected chi connectivity index (χ1v) is 12.6. The Hall–Kier alpha value is -3.96. The maximum Gasteiger partial charge on any atom is 0.242 e. The van der Waals surface area contributed by atoms with Crippen LogP contribution in [0.4, 0.5) is 15.9 Å². The zero-order valence-corrected chi connectivity index (χ0v) is 21.6. The van der Waals surface area contributed by atoms with Crippen LogP contribution in [-0.2, 0) is 0 Å². The summed E-state index contributed by atoms with van der Waals surface area (Å²) in [7, 11) is 0. The lowest BCUT2D eigenvalue weighted by Crippen LogP contribution is -2.45. The Labute approximate surface area is 216 Å². The summed E-state index contributed by atoms with van der Waals surface area (Å²) in [6.07, 6.45) is 3.58. The molecule has 37 heavy (non-hydrogen) atoms. The van der Waals surface area contributed by atoms with Crippen molar-refractivity contribution in [3.63, 3.8) is 0 Å². The van der Waals surface area contributed by atoms with Gasteiger partial charge in [-0.05, 0) is 95.4 Å². The number of likely N-dealkylation sites (tertiary alicyclic amines) is 1. The fourth-order valence-corrected chi connectivity index (χ4v) is 4.97. The highest BCUT2D eigenvalue weighted by Crippen LogP contribution is 2.34. The van der Waals surface area contributed by atoms with Gasteiger partial charge in [-0.2, -0.15) is 5.26 Å². The summed E-state index contributed by atoms with van der Waals surface area (Å²) in [5.41, 5.74) is 3.95. The van der Waals surface area contributed by atoms with Crippen LogP contribution >= 0.6 is 0 Å². The standard InChI is InChI=1S/C29H31FN6O/c1-18-15-22-24(34-18)9-10-25(26(22)30)37-28-23(16-31)27(32-17-33-28)35-21-7-5-19(6-8-21)20-11-13-36(14-12-20)29(2,3)4/h5-10,15,17,20,34H,11-14H2,1-4H3,(H,32,33,35). The van der Waals surface area contributed by atoms with Crippen molar-refractivity contribution in [1.82, 2.24) is 19.9 Å². The van der Waals surface area contributed by atoms with Gasteiger partial charge in [-0.1, -0.05) is 12.1 Å². The van der Waals surface area contributed by atoms with Crippen molar-refractivity contribution in [3.8, 4) is 17.7 Å². The molecule has 1 aliphatic rings. The molecule has 2 aromatic heterocycles. The van der Waals surface area contributed by atoms with Crippen molar-refractivity contribution in [1.29, 1.82) is 5.26 Å². The Bertz CT molecular complexity index is 1460. The third-order valence-corrected chi connectivity index (χ3v) is 7.06. The summed E-state index contributed by atoms with van der Waals surface area (Å²) in [5.74, 6) is 0.320. The molecule has 1 fully saturated rings. The van der Waals surface area contributed by atoms with Gasteiger partial charge in [-0.15, -0.1) is 0 Å². The SMILES string of the molecule is Cc1cc2c(F)c(Oc3ncnc(Nc4ccc(C5CCN(C(C)(C)C)CC5)cc4)c3C#N)ccc2[nH]1. The molecule has 0 aliphatic carbocycles. The number of hydrogen-bond acceptors (Lipinski definition) is 6. The van der Waals surface area contributed by atoms with E-state index in [-0.39, 0.29) is 22.7 Å². The molecule has 0 atom stereocenters. The lowest BCUT2D eigenvalue weighted by Gasteiger charge is -2.41. The predicted octanol–water partition coefficient (Wildman–Crippen LogP) is 6.79. The number of nitrogens with one attached hydrogen (secondary N) is 2. The molecule has 0 spiro atoms. The highest BCUT2D eigenvalue weighted by molar-refractivity contribution is 5.83. The zero-order chi connectivity index (χ0) is 26.2. The molecule has 0 amide bonds. The van der Waals surface area contributed by atoms with Gasteiger partial charge in [0.15, 0.2) is 22.9 Å². The van der Waals surface area contributed by atoms with Gasteiger partial charge < -0.3 is 15.0 Å². The number of fused-ring (bicyclic) bond motifs is 1. The number of rotatable bonds is 5. The fourth-order valence-electron chi connectivity index (χ4n) is 4.97. The quantitative estimate of drug-likeness (QED) is 0.315. The number of aryl methyl sites for hydroxylation is 1. The van der Waals surface area contributed by atoms with Gasteiger partial charge in [0.1, 0.15) is 12.4 Å². The average molecular weight is 499 g/mol. The molecular weight excluding hydrogens is 467 g/mol. The Balaban J connectivity index is 1.32. The van der Waals surface area contributed by atoms with Crippen molar-refractivity contribution in [2.45, 2.75) is 52.0 Å². The van der Waals surface area contributed by atoms with Crippen LogP contribution in [0.2, 0.25) is 0 Å². The molecule has 3 heterocycles. The highest BCUT2D eigenvalue weighted by Gasteiger charge is 2.27. The summed E-state index contributed by atoms with van der Waals surface area (Å²) in [4.78, 5) is 14.0. The van der Waals surface area contributed by atoms with Crippen LogP contribution < -0.4 is 10.1 Å². The Morgan fingerprint density at radius 2 is 1.84 bits per heavy atom. The van der Waals surface area contributed by atoms with Crippen molar-refractivity contribution in [2.75, 3.05) is 18.4 Å². The summed E-state index contributed by atoms with van der Waals surface area (Å²) in [5, 5.41) is 13.5. The van der Waals surface area contributed by atoms with Gasteiger partial charge in [0.2, 0.25) is 5.88 Å². The maximum atomic E-state index is 15.0. The molecule has 1 aliphatic heterocycles. The molecular formula is C29H31FN6O. The van der Waals surface area contributed by atoms with Crippen LogP contribution in [0, 0.1) is 24.1 Å². The summed E-state index contributed by atoms with van der Waals surface area (Å²) >= 11 is 0. The average Bonchev–Trinajstić information content (AvgIpc) is 3.27. The second kappa shape index (κ2) is 9.83. The lowest BCUT2D eigenvalue weighted by molar-refractivity contribution is 0.102. The first-order chi connectivity index (χ1) is 17.7. The minimum atomic E-state index is -0.511. The van der Waals surface area contributed by atoms with E-state index >= 15 is 4.39 Å².